The molecular weight excluding hydrogens is 314 g/mol. The molecule has 24 heavy (non-hydrogen) atoms. The maximum Gasteiger partial charge on any atom is 0.248 e. The molecule has 128 valence electrons. The number of rotatable bonds is 5. The molecule has 1 fully saturated rings. The van der Waals surface area contributed by atoms with Gasteiger partial charge in [-0.15, -0.1) is 0 Å². The Hall–Kier alpha value is -2.28. The Labute approximate surface area is 139 Å². The number of benzene rings is 1. The predicted molar refractivity (Wildman–Crippen MR) is 85.4 cm³/mol. The minimum atomic E-state index is -0.747. The van der Waals surface area contributed by atoms with E-state index in [2.05, 4.69) is 15.7 Å². The van der Waals surface area contributed by atoms with Crippen LogP contribution in [-0.4, -0.2) is 35.3 Å². The molecule has 0 unspecified atom stereocenters. The molecule has 0 radical (unpaired) electrons. The third kappa shape index (κ3) is 3.17. The third-order valence-corrected chi connectivity index (χ3v) is 4.52. The molecule has 0 aliphatic carbocycles. The van der Waals surface area contributed by atoms with E-state index in [1.807, 2.05) is 0 Å². The van der Waals surface area contributed by atoms with E-state index in [1.54, 1.807) is 23.1 Å². The lowest BCUT2D eigenvalue weighted by molar-refractivity contribution is -0.131. The number of hydrogen-bond acceptors (Lipinski definition) is 3. The predicted octanol–water partition coefficient (Wildman–Crippen LogP) is 1.60. The average molecular weight is 334 g/mol. The molecule has 0 bridgehead atoms. The molecule has 5 nitrogen and oxygen atoms in total. The number of aromatic nitrogens is 2. The minimum absolute atomic E-state index is 0.00347. The molecule has 1 amide bonds. The second-order valence-corrected chi connectivity index (χ2v) is 5.94. The lowest BCUT2D eigenvalue weighted by atomic mass is 9.87. The SMILES string of the molecule is O=C(NCCc1c(F)cccc1F)C1(n2cccn2)CCNCC1. The maximum atomic E-state index is 13.7. The Kier molecular flexibility index (Phi) is 4.89. The van der Waals surface area contributed by atoms with Crippen molar-refractivity contribution in [2.24, 2.45) is 0 Å². The quantitative estimate of drug-likeness (QED) is 0.873. The van der Waals surface area contributed by atoms with Crippen LogP contribution in [0.5, 0.6) is 0 Å². The van der Waals surface area contributed by atoms with E-state index in [0.29, 0.717) is 12.8 Å². The molecule has 0 spiro atoms. The van der Waals surface area contributed by atoms with E-state index < -0.39 is 17.2 Å². The summed E-state index contributed by atoms with van der Waals surface area (Å²) in [6, 6.07) is 5.55. The topological polar surface area (TPSA) is 59.0 Å². The number of nitrogens with zero attached hydrogens (tertiary/aromatic N) is 2. The van der Waals surface area contributed by atoms with Gasteiger partial charge in [-0.2, -0.15) is 5.10 Å². The summed E-state index contributed by atoms with van der Waals surface area (Å²) in [5.41, 5.74) is -0.751. The Morgan fingerprint density at radius 1 is 1.25 bits per heavy atom. The summed E-state index contributed by atoms with van der Waals surface area (Å²) in [5.74, 6) is -1.34. The van der Waals surface area contributed by atoms with Gasteiger partial charge in [-0.05, 0) is 50.6 Å². The van der Waals surface area contributed by atoms with Crippen LogP contribution in [0, 0.1) is 11.6 Å². The molecule has 0 saturated carbocycles. The number of piperidine rings is 1. The fourth-order valence-electron chi connectivity index (χ4n) is 3.16. The third-order valence-electron chi connectivity index (χ3n) is 4.52. The zero-order chi connectivity index (χ0) is 17.0. The Balaban J connectivity index is 1.69. The second kappa shape index (κ2) is 7.09. The molecule has 2 aromatic rings. The van der Waals surface area contributed by atoms with Gasteiger partial charge in [-0.3, -0.25) is 9.48 Å². The van der Waals surface area contributed by atoms with Crippen molar-refractivity contribution in [3.8, 4) is 0 Å². The number of hydrogen-bond donors (Lipinski definition) is 2. The summed E-state index contributed by atoms with van der Waals surface area (Å²) in [7, 11) is 0. The van der Waals surface area contributed by atoms with Gasteiger partial charge in [0.1, 0.15) is 17.2 Å². The molecule has 1 aromatic heterocycles. The van der Waals surface area contributed by atoms with Crippen molar-refractivity contribution < 1.29 is 13.6 Å². The lowest BCUT2D eigenvalue weighted by Gasteiger charge is -2.36. The summed E-state index contributed by atoms with van der Waals surface area (Å²) in [6.07, 6.45) is 4.77. The van der Waals surface area contributed by atoms with Crippen molar-refractivity contribution >= 4 is 5.91 Å². The number of nitrogens with one attached hydrogen (secondary N) is 2. The van der Waals surface area contributed by atoms with Crippen molar-refractivity contribution in [2.45, 2.75) is 24.8 Å². The molecular formula is C17H20F2N4O. The normalized spacial score (nSPS) is 16.8. The van der Waals surface area contributed by atoms with Crippen molar-refractivity contribution in [3.05, 3.63) is 53.9 Å². The van der Waals surface area contributed by atoms with Crippen LogP contribution < -0.4 is 10.6 Å². The number of carbonyl (C=O) groups excluding carboxylic acids is 1. The molecule has 2 heterocycles. The highest BCUT2D eigenvalue weighted by atomic mass is 19.1. The fourth-order valence-corrected chi connectivity index (χ4v) is 3.16. The van der Waals surface area contributed by atoms with E-state index in [0.717, 1.165) is 13.1 Å². The molecule has 1 aromatic carbocycles. The van der Waals surface area contributed by atoms with Crippen molar-refractivity contribution in [2.75, 3.05) is 19.6 Å². The van der Waals surface area contributed by atoms with Crippen LogP contribution in [0.4, 0.5) is 8.78 Å². The zero-order valence-corrected chi connectivity index (χ0v) is 13.3. The Morgan fingerprint density at radius 3 is 2.58 bits per heavy atom. The highest BCUT2D eigenvalue weighted by molar-refractivity contribution is 5.84. The van der Waals surface area contributed by atoms with Crippen LogP contribution in [0.2, 0.25) is 0 Å². The first-order valence-corrected chi connectivity index (χ1v) is 8.05. The number of amides is 1. The van der Waals surface area contributed by atoms with Crippen LogP contribution in [-0.2, 0) is 16.8 Å². The van der Waals surface area contributed by atoms with Crippen LogP contribution >= 0.6 is 0 Å². The van der Waals surface area contributed by atoms with E-state index in [-0.39, 0.29) is 24.4 Å². The van der Waals surface area contributed by atoms with Gasteiger partial charge >= 0.3 is 0 Å². The molecule has 1 saturated heterocycles. The van der Waals surface area contributed by atoms with Crippen LogP contribution in [0.15, 0.2) is 36.7 Å². The summed E-state index contributed by atoms with van der Waals surface area (Å²) >= 11 is 0. The Bertz CT molecular complexity index is 676. The summed E-state index contributed by atoms with van der Waals surface area (Å²) in [5, 5.41) is 10.3. The van der Waals surface area contributed by atoms with Crippen molar-refractivity contribution in [1.29, 1.82) is 0 Å². The van der Waals surface area contributed by atoms with Crippen molar-refractivity contribution in [3.63, 3.8) is 0 Å². The smallest absolute Gasteiger partial charge is 0.248 e. The fraction of sp³-hybridized carbons (Fsp3) is 0.412. The number of halogens is 2. The van der Waals surface area contributed by atoms with Gasteiger partial charge in [0.15, 0.2) is 0 Å². The van der Waals surface area contributed by atoms with Gasteiger partial charge < -0.3 is 10.6 Å². The highest BCUT2D eigenvalue weighted by Gasteiger charge is 2.41. The average Bonchev–Trinajstić information content (AvgIpc) is 3.13. The first kappa shape index (κ1) is 16.6. The second-order valence-electron chi connectivity index (χ2n) is 5.94. The molecule has 7 heteroatoms. The largest absolute Gasteiger partial charge is 0.354 e. The van der Waals surface area contributed by atoms with Crippen LogP contribution in [0.3, 0.4) is 0 Å². The maximum absolute atomic E-state index is 13.7. The molecule has 1 aliphatic heterocycles. The van der Waals surface area contributed by atoms with Gasteiger partial charge in [-0.25, -0.2) is 8.78 Å². The first-order chi connectivity index (χ1) is 11.6. The minimum Gasteiger partial charge on any atom is -0.354 e. The molecule has 2 N–H and O–H groups in total. The number of carbonyl (C=O) groups is 1. The van der Waals surface area contributed by atoms with Crippen LogP contribution in [0.1, 0.15) is 18.4 Å². The van der Waals surface area contributed by atoms with Gasteiger partial charge in [0.25, 0.3) is 0 Å². The van der Waals surface area contributed by atoms with E-state index in [9.17, 15) is 13.6 Å². The standard InChI is InChI=1S/C17H20F2N4O/c18-14-3-1-4-15(19)13(14)5-9-21-16(24)17(6-10-20-11-7-17)23-12-2-8-22-23/h1-4,8,12,20H,5-7,9-11H2,(H,21,24). The van der Waals surface area contributed by atoms with Crippen LogP contribution in [0.25, 0.3) is 0 Å². The van der Waals surface area contributed by atoms with E-state index >= 15 is 0 Å². The van der Waals surface area contributed by atoms with Crippen molar-refractivity contribution in [1.82, 2.24) is 20.4 Å². The van der Waals surface area contributed by atoms with E-state index in [1.165, 1.54) is 18.2 Å². The highest BCUT2D eigenvalue weighted by Crippen LogP contribution is 2.27. The zero-order valence-electron chi connectivity index (χ0n) is 13.3. The van der Waals surface area contributed by atoms with Gasteiger partial charge in [0.2, 0.25) is 5.91 Å². The first-order valence-electron chi connectivity index (χ1n) is 8.05. The molecule has 0 atom stereocenters. The van der Waals surface area contributed by atoms with Gasteiger partial charge in [0.05, 0.1) is 0 Å². The summed E-state index contributed by atoms with van der Waals surface area (Å²) < 4.78 is 29.0. The molecule has 3 rings (SSSR count). The van der Waals surface area contributed by atoms with E-state index in [4.69, 9.17) is 0 Å². The summed E-state index contributed by atoms with van der Waals surface area (Å²) in [4.78, 5) is 12.8. The monoisotopic (exact) mass is 334 g/mol. The lowest BCUT2D eigenvalue weighted by Crippen LogP contribution is -2.54. The van der Waals surface area contributed by atoms with Gasteiger partial charge in [0, 0.05) is 24.5 Å². The Morgan fingerprint density at radius 2 is 1.96 bits per heavy atom. The summed E-state index contributed by atoms with van der Waals surface area (Å²) in [6.45, 7) is 1.61. The molecule has 1 aliphatic rings. The van der Waals surface area contributed by atoms with Gasteiger partial charge in [-0.1, -0.05) is 6.07 Å².